The molecule has 2 rings (SSSR count). The minimum Gasteiger partial charge on any atom is -0.481 e. The third kappa shape index (κ3) is 5.53. The van der Waals surface area contributed by atoms with Gasteiger partial charge in [-0.25, -0.2) is 0 Å². The second kappa shape index (κ2) is 8.06. The first-order valence-electron chi connectivity index (χ1n) is 7.14. The molecule has 4 nitrogen and oxygen atoms in total. The van der Waals surface area contributed by atoms with Gasteiger partial charge in [0.2, 0.25) is 5.91 Å². The van der Waals surface area contributed by atoms with E-state index in [0.29, 0.717) is 5.56 Å². The van der Waals surface area contributed by atoms with Gasteiger partial charge in [-0.05, 0) is 29.8 Å². The Morgan fingerprint density at radius 2 is 1.64 bits per heavy atom. The van der Waals surface area contributed by atoms with Crippen molar-refractivity contribution in [2.24, 2.45) is 0 Å². The van der Waals surface area contributed by atoms with E-state index < -0.39 is 28.9 Å². The van der Waals surface area contributed by atoms with Gasteiger partial charge in [0.1, 0.15) is 5.25 Å². The van der Waals surface area contributed by atoms with Crippen molar-refractivity contribution < 1.29 is 27.9 Å². The number of hydrogen-bond donors (Lipinski definition) is 2. The standard InChI is InChI=1S/C17H14F3NO3S/c18-17(19,20)12-6-8-13(9-7-12)21-16(24)15(25-10-14(22)23)11-4-2-1-3-5-11/h1-9,15H,10H2,(H,21,24)(H,22,23)/t15-/m0/s1. The van der Waals surface area contributed by atoms with E-state index in [1.54, 1.807) is 30.3 Å². The van der Waals surface area contributed by atoms with Crippen LogP contribution in [0.15, 0.2) is 54.6 Å². The SMILES string of the molecule is O=C(O)CS[C@H](C(=O)Nc1ccc(C(F)(F)F)cc1)c1ccccc1. The maximum atomic E-state index is 12.6. The lowest BCUT2D eigenvalue weighted by Gasteiger charge is -2.16. The Kier molecular flexibility index (Phi) is 6.08. The molecular weight excluding hydrogens is 355 g/mol. The summed E-state index contributed by atoms with van der Waals surface area (Å²) in [5.41, 5.74) is -0.00150. The van der Waals surface area contributed by atoms with Crippen molar-refractivity contribution in [3.63, 3.8) is 0 Å². The highest BCUT2D eigenvalue weighted by Crippen LogP contribution is 2.32. The first-order chi connectivity index (χ1) is 11.8. The van der Waals surface area contributed by atoms with Gasteiger partial charge in [-0.1, -0.05) is 30.3 Å². The molecule has 0 saturated carbocycles. The van der Waals surface area contributed by atoms with E-state index in [4.69, 9.17) is 5.11 Å². The average Bonchev–Trinajstić information content (AvgIpc) is 2.55. The highest BCUT2D eigenvalue weighted by atomic mass is 32.2. The molecule has 1 amide bonds. The fraction of sp³-hybridized carbons (Fsp3) is 0.176. The molecule has 0 bridgehead atoms. The first kappa shape index (κ1) is 18.9. The number of carboxylic acids is 1. The number of thioether (sulfide) groups is 1. The first-order valence-corrected chi connectivity index (χ1v) is 8.18. The van der Waals surface area contributed by atoms with Crippen LogP contribution in [0.25, 0.3) is 0 Å². The van der Waals surface area contributed by atoms with Gasteiger partial charge in [-0.15, -0.1) is 11.8 Å². The minimum atomic E-state index is -4.45. The van der Waals surface area contributed by atoms with Gasteiger partial charge in [0.25, 0.3) is 0 Å². The molecule has 0 aliphatic heterocycles. The molecule has 132 valence electrons. The molecule has 1 atom stereocenters. The van der Waals surface area contributed by atoms with Crippen molar-refractivity contribution in [1.29, 1.82) is 0 Å². The number of hydrogen-bond acceptors (Lipinski definition) is 3. The summed E-state index contributed by atoms with van der Waals surface area (Å²) in [5, 5.41) is 10.6. The third-order valence-corrected chi connectivity index (χ3v) is 4.43. The van der Waals surface area contributed by atoms with E-state index in [1.807, 2.05) is 0 Å². The van der Waals surface area contributed by atoms with Crippen molar-refractivity contribution in [3.05, 3.63) is 65.7 Å². The fourth-order valence-corrected chi connectivity index (χ4v) is 2.93. The van der Waals surface area contributed by atoms with Crippen LogP contribution in [0.4, 0.5) is 18.9 Å². The summed E-state index contributed by atoms with van der Waals surface area (Å²) in [4.78, 5) is 23.2. The molecule has 0 heterocycles. The number of amides is 1. The summed E-state index contributed by atoms with van der Waals surface area (Å²) in [6.07, 6.45) is -4.45. The Hall–Kier alpha value is -2.48. The number of carbonyl (C=O) groups excluding carboxylic acids is 1. The molecule has 0 aromatic heterocycles. The Labute approximate surface area is 146 Å². The zero-order valence-corrected chi connectivity index (χ0v) is 13.6. The molecule has 0 unspecified atom stereocenters. The molecule has 0 saturated heterocycles. The summed E-state index contributed by atoms with van der Waals surface area (Å²) in [6, 6.07) is 12.6. The smallest absolute Gasteiger partial charge is 0.416 e. The predicted octanol–water partition coefficient (Wildman–Crippen LogP) is 4.20. The Balaban J connectivity index is 2.15. The number of halogens is 3. The van der Waals surface area contributed by atoms with Crippen LogP contribution in [-0.4, -0.2) is 22.7 Å². The Bertz CT molecular complexity index is 733. The maximum absolute atomic E-state index is 12.6. The highest BCUT2D eigenvalue weighted by Gasteiger charge is 2.30. The number of carbonyl (C=O) groups is 2. The van der Waals surface area contributed by atoms with Crippen LogP contribution in [0.1, 0.15) is 16.4 Å². The molecule has 8 heteroatoms. The van der Waals surface area contributed by atoms with Crippen molar-refractivity contribution >= 4 is 29.3 Å². The van der Waals surface area contributed by atoms with Gasteiger partial charge in [0.05, 0.1) is 11.3 Å². The van der Waals surface area contributed by atoms with Crippen LogP contribution in [0, 0.1) is 0 Å². The van der Waals surface area contributed by atoms with Crippen LogP contribution >= 0.6 is 11.8 Å². The van der Waals surface area contributed by atoms with Gasteiger partial charge >= 0.3 is 12.1 Å². The summed E-state index contributed by atoms with van der Waals surface area (Å²) < 4.78 is 37.7. The molecular formula is C17H14F3NO3S. The summed E-state index contributed by atoms with van der Waals surface area (Å²) in [5.74, 6) is -1.84. The summed E-state index contributed by atoms with van der Waals surface area (Å²) in [7, 11) is 0. The monoisotopic (exact) mass is 369 g/mol. The second-order valence-corrected chi connectivity index (χ2v) is 6.15. The number of rotatable bonds is 6. The molecule has 2 aromatic rings. The van der Waals surface area contributed by atoms with Gasteiger partial charge in [0, 0.05) is 5.69 Å². The van der Waals surface area contributed by atoms with Crippen LogP contribution in [0.3, 0.4) is 0 Å². The number of nitrogens with one attached hydrogen (secondary N) is 1. The van der Waals surface area contributed by atoms with Crippen LogP contribution in [0.2, 0.25) is 0 Å². The molecule has 0 aliphatic carbocycles. The zero-order chi connectivity index (χ0) is 18.4. The highest BCUT2D eigenvalue weighted by molar-refractivity contribution is 8.00. The normalized spacial score (nSPS) is 12.4. The Morgan fingerprint density at radius 3 is 2.16 bits per heavy atom. The van der Waals surface area contributed by atoms with E-state index in [2.05, 4.69) is 5.32 Å². The second-order valence-electron chi connectivity index (χ2n) is 5.06. The van der Waals surface area contributed by atoms with Gasteiger partial charge in [-0.3, -0.25) is 9.59 Å². The Morgan fingerprint density at radius 1 is 1.04 bits per heavy atom. The number of aliphatic carboxylic acids is 1. The number of carboxylic acid groups (broad SMARTS) is 1. The topological polar surface area (TPSA) is 66.4 Å². The van der Waals surface area contributed by atoms with Crippen molar-refractivity contribution in [2.45, 2.75) is 11.4 Å². The van der Waals surface area contributed by atoms with E-state index in [1.165, 1.54) is 0 Å². The largest absolute Gasteiger partial charge is 0.481 e. The van der Waals surface area contributed by atoms with Gasteiger partial charge in [-0.2, -0.15) is 13.2 Å². The van der Waals surface area contributed by atoms with Gasteiger partial charge in [0.15, 0.2) is 0 Å². The molecule has 0 radical (unpaired) electrons. The molecule has 25 heavy (non-hydrogen) atoms. The lowest BCUT2D eigenvalue weighted by atomic mass is 10.1. The summed E-state index contributed by atoms with van der Waals surface area (Å²) in [6.45, 7) is 0. The molecule has 0 spiro atoms. The van der Waals surface area contributed by atoms with Crippen LogP contribution in [-0.2, 0) is 15.8 Å². The van der Waals surface area contributed by atoms with E-state index in [0.717, 1.165) is 36.0 Å². The van der Waals surface area contributed by atoms with Crippen molar-refractivity contribution in [3.8, 4) is 0 Å². The average molecular weight is 369 g/mol. The van der Waals surface area contributed by atoms with E-state index in [-0.39, 0.29) is 11.4 Å². The fourth-order valence-electron chi connectivity index (χ4n) is 2.06. The molecule has 2 N–H and O–H groups in total. The number of benzene rings is 2. The lowest BCUT2D eigenvalue weighted by molar-refractivity contribution is -0.137. The van der Waals surface area contributed by atoms with Crippen molar-refractivity contribution in [2.75, 3.05) is 11.1 Å². The van der Waals surface area contributed by atoms with Gasteiger partial charge < -0.3 is 10.4 Å². The predicted molar refractivity (Wildman–Crippen MR) is 89.4 cm³/mol. The summed E-state index contributed by atoms with van der Waals surface area (Å²) >= 11 is 0.926. The molecule has 0 aliphatic rings. The maximum Gasteiger partial charge on any atom is 0.416 e. The third-order valence-electron chi connectivity index (χ3n) is 3.19. The minimum absolute atomic E-state index is 0.204. The lowest BCUT2D eigenvalue weighted by Crippen LogP contribution is -2.20. The van der Waals surface area contributed by atoms with Crippen LogP contribution < -0.4 is 5.32 Å². The number of anilines is 1. The molecule has 0 fully saturated rings. The van der Waals surface area contributed by atoms with E-state index in [9.17, 15) is 22.8 Å². The van der Waals surface area contributed by atoms with E-state index >= 15 is 0 Å². The van der Waals surface area contributed by atoms with Crippen molar-refractivity contribution in [1.82, 2.24) is 0 Å². The van der Waals surface area contributed by atoms with Crippen LogP contribution in [0.5, 0.6) is 0 Å². The molecule has 2 aromatic carbocycles. The number of alkyl halides is 3. The zero-order valence-electron chi connectivity index (χ0n) is 12.8. The quantitative estimate of drug-likeness (QED) is 0.801.